The number of nitro groups is 1. The number of anilines is 1. The lowest BCUT2D eigenvalue weighted by atomic mass is 10.3. The second-order valence-corrected chi connectivity index (χ2v) is 5.35. The maximum absolute atomic E-state index is 11.5. The third-order valence-corrected chi connectivity index (χ3v) is 3.98. The molecule has 21 heavy (non-hydrogen) atoms. The molecule has 0 aliphatic carbocycles. The van der Waals surface area contributed by atoms with Gasteiger partial charge in [0.1, 0.15) is 0 Å². The van der Waals surface area contributed by atoms with Crippen molar-refractivity contribution in [3.63, 3.8) is 0 Å². The minimum atomic E-state index is -0.528. The first kappa shape index (κ1) is 14.9. The number of rotatable bonds is 6. The van der Waals surface area contributed by atoms with Gasteiger partial charge in [0.05, 0.1) is 9.80 Å². The molecule has 7 nitrogen and oxygen atoms in total. The Morgan fingerprint density at radius 2 is 2.24 bits per heavy atom. The molecule has 0 bridgehead atoms. The van der Waals surface area contributed by atoms with Crippen molar-refractivity contribution in [2.24, 2.45) is 0 Å². The highest BCUT2D eigenvalue weighted by Crippen LogP contribution is 2.34. The molecule has 110 valence electrons. The summed E-state index contributed by atoms with van der Waals surface area (Å²) in [6, 6.07) is 6.10. The van der Waals surface area contributed by atoms with Gasteiger partial charge in [-0.05, 0) is 13.0 Å². The zero-order chi connectivity index (χ0) is 15.4. The van der Waals surface area contributed by atoms with Crippen LogP contribution in [0.1, 0.15) is 16.6 Å². The van der Waals surface area contributed by atoms with Crippen molar-refractivity contribution in [1.82, 2.24) is 4.57 Å². The van der Waals surface area contributed by atoms with Gasteiger partial charge in [0.25, 0.3) is 5.56 Å². The van der Waals surface area contributed by atoms with Crippen LogP contribution in [0.25, 0.3) is 0 Å². The van der Waals surface area contributed by atoms with Crippen LogP contribution in [0, 0.1) is 10.1 Å². The summed E-state index contributed by atoms with van der Waals surface area (Å²) < 4.78 is 1.50. The summed E-state index contributed by atoms with van der Waals surface area (Å²) >= 11 is 1.05. The molecule has 0 aliphatic heterocycles. The van der Waals surface area contributed by atoms with E-state index in [4.69, 9.17) is 0 Å². The quantitative estimate of drug-likeness (QED) is 0.501. The van der Waals surface area contributed by atoms with Crippen molar-refractivity contribution in [2.75, 3.05) is 11.9 Å². The standard InChI is InChI=1S/C13H13N3O4S/c1-9(17)11-8-10(16(19)20)13(21-11)14-5-7-15-6-3-2-4-12(15)18/h2-4,6,8,14H,5,7H2,1H3. The maximum Gasteiger partial charge on any atom is 0.304 e. The molecule has 0 aromatic carbocycles. The van der Waals surface area contributed by atoms with Crippen LogP contribution < -0.4 is 10.9 Å². The monoisotopic (exact) mass is 307 g/mol. The van der Waals surface area contributed by atoms with Crippen molar-refractivity contribution in [3.05, 3.63) is 55.8 Å². The molecule has 0 radical (unpaired) electrons. The zero-order valence-electron chi connectivity index (χ0n) is 11.2. The number of pyridine rings is 1. The fourth-order valence-corrected chi connectivity index (χ4v) is 2.70. The van der Waals surface area contributed by atoms with E-state index in [-0.39, 0.29) is 17.0 Å². The van der Waals surface area contributed by atoms with Crippen LogP contribution in [-0.2, 0) is 6.54 Å². The summed E-state index contributed by atoms with van der Waals surface area (Å²) in [5.41, 5.74) is -0.255. The molecule has 8 heteroatoms. The summed E-state index contributed by atoms with van der Waals surface area (Å²) in [4.78, 5) is 33.6. The maximum atomic E-state index is 11.5. The predicted molar refractivity (Wildman–Crippen MR) is 80.2 cm³/mol. The fraction of sp³-hybridized carbons (Fsp3) is 0.231. The van der Waals surface area contributed by atoms with E-state index in [0.29, 0.717) is 23.0 Å². The molecule has 0 spiro atoms. The Kier molecular flexibility index (Phi) is 4.49. The van der Waals surface area contributed by atoms with Gasteiger partial charge in [-0.25, -0.2) is 0 Å². The number of Topliss-reactive ketones (excluding diaryl/α,β-unsaturated/α-hetero) is 1. The third kappa shape index (κ3) is 3.54. The van der Waals surface area contributed by atoms with E-state index in [1.807, 2.05) is 0 Å². The molecular formula is C13H13N3O4S. The fourth-order valence-electron chi connectivity index (χ4n) is 1.75. The van der Waals surface area contributed by atoms with E-state index in [2.05, 4.69) is 5.32 Å². The Hall–Kier alpha value is -2.48. The van der Waals surface area contributed by atoms with Crippen LogP contribution in [0.5, 0.6) is 0 Å². The highest BCUT2D eigenvalue weighted by Gasteiger charge is 2.20. The SMILES string of the molecule is CC(=O)c1cc([N+](=O)[O-])c(NCCn2ccccc2=O)s1. The minimum Gasteiger partial charge on any atom is -0.369 e. The normalized spacial score (nSPS) is 10.3. The lowest BCUT2D eigenvalue weighted by Crippen LogP contribution is -2.21. The van der Waals surface area contributed by atoms with Crippen LogP contribution in [0.15, 0.2) is 35.3 Å². The minimum absolute atomic E-state index is 0.120. The first-order chi connectivity index (χ1) is 9.99. The molecule has 0 fully saturated rings. The first-order valence-electron chi connectivity index (χ1n) is 6.17. The van der Waals surface area contributed by atoms with E-state index in [1.165, 1.54) is 23.6 Å². The molecule has 0 unspecified atom stereocenters. The molecule has 0 atom stereocenters. The van der Waals surface area contributed by atoms with Gasteiger partial charge in [0.2, 0.25) is 0 Å². The van der Waals surface area contributed by atoms with Crippen LogP contribution in [0.3, 0.4) is 0 Å². The highest BCUT2D eigenvalue weighted by molar-refractivity contribution is 7.18. The zero-order valence-corrected chi connectivity index (χ0v) is 12.1. The van der Waals surface area contributed by atoms with Crippen molar-refractivity contribution in [3.8, 4) is 0 Å². The summed E-state index contributed by atoms with van der Waals surface area (Å²) in [5.74, 6) is -0.213. The van der Waals surface area contributed by atoms with Crippen LogP contribution in [0.4, 0.5) is 10.7 Å². The highest BCUT2D eigenvalue weighted by atomic mass is 32.1. The Morgan fingerprint density at radius 3 is 2.86 bits per heavy atom. The number of hydrogen-bond acceptors (Lipinski definition) is 6. The van der Waals surface area contributed by atoms with E-state index >= 15 is 0 Å². The van der Waals surface area contributed by atoms with Crippen LogP contribution in [-0.4, -0.2) is 21.8 Å². The molecule has 0 aliphatic rings. The Balaban J connectivity index is 2.09. The van der Waals surface area contributed by atoms with Crippen LogP contribution in [0.2, 0.25) is 0 Å². The largest absolute Gasteiger partial charge is 0.369 e. The Morgan fingerprint density at radius 1 is 1.48 bits per heavy atom. The van der Waals surface area contributed by atoms with Crippen molar-refractivity contribution in [2.45, 2.75) is 13.5 Å². The van der Waals surface area contributed by atoms with Gasteiger partial charge in [-0.1, -0.05) is 6.07 Å². The van der Waals surface area contributed by atoms with E-state index in [9.17, 15) is 19.7 Å². The molecule has 1 N–H and O–H groups in total. The average Bonchev–Trinajstić information content (AvgIpc) is 2.85. The molecular weight excluding hydrogens is 294 g/mol. The van der Waals surface area contributed by atoms with Crippen molar-refractivity contribution < 1.29 is 9.72 Å². The number of nitrogens with zero attached hydrogens (tertiary/aromatic N) is 2. The number of ketones is 1. The van der Waals surface area contributed by atoms with Crippen molar-refractivity contribution >= 4 is 27.8 Å². The van der Waals surface area contributed by atoms with Gasteiger partial charge in [0.15, 0.2) is 10.8 Å². The average molecular weight is 307 g/mol. The summed E-state index contributed by atoms with van der Waals surface area (Å²) in [5, 5.41) is 14.2. The van der Waals surface area contributed by atoms with Gasteiger partial charge in [-0.15, -0.1) is 11.3 Å². The van der Waals surface area contributed by atoms with Gasteiger partial charge < -0.3 is 9.88 Å². The molecule has 0 saturated heterocycles. The smallest absolute Gasteiger partial charge is 0.304 e. The number of aromatic nitrogens is 1. The number of carbonyl (C=O) groups is 1. The summed E-state index contributed by atoms with van der Waals surface area (Å²) in [7, 11) is 0. The van der Waals surface area contributed by atoms with E-state index < -0.39 is 4.92 Å². The first-order valence-corrected chi connectivity index (χ1v) is 6.99. The van der Waals surface area contributed by atoms with E-state index in [1.54, 1.807) is 18.3 Å². The van der Waals surface area contributed by atoms with E-state index in [0.717, 1.165) is 11.3 Å². The predicted octanol–water partition coefficient (Wildman–Crippen LogP) is 2.13. The van der Waals surface area contributed by atoms with Gasteiger partial charge >= 0.3 is 5.69 Å². The lowest BCUT2D eigenvalue weighted by Gasteiger charge is -2.06. The summed E-state index contributed by atoms with van der Waals surface area (Å²) in [6.07, 6.45) is 1.65. The Bertz CT molecular complexity index is 735. The molecule has 2 aromatic rings. The topological polar surface area (TPSA) is 94.2 Å². The van der Waals surface area contributed by atoms with Gasteiger partial charge in [0, 0.05) is 31.4 Å². The molecule has 2 aromatic heterocycles. The second kappa shape index (κ2) is 6.31. The molecule has 0 amide bonds. The molecule has 2 heterocycles. The lowest BCUT2D eigenvalue weighted by molar-refractivity contribution is -0.383. The molecule has 2 rings (SSSR count). The number of nitrogens with one attached hydrogen (secondary N) is 1. The third-order valence-electron chi connectivity index (χ3n) is 2.79. The number of thiophene rings is 1. The summed E-state index contributed by atoms with van der Waals surface area (Å²) in [6.45, 7) is 2.09. The van der Waals surface area contributed by atoms with Crippen LogP contribution >= 0.6 is 11.3 Å². The van der Waals surface area contributed by atoms with Crippen molar-refractivity contribution in [1.29, 1.82) is 0 Å². The number of hydrogen-bond donors (Lipinski definition) is 1. The Labute approximate surface area is 124 Å². The van der Waals surface area contributed by atoms with Gasteiger partial charge in [-0.2, -0.15) is 0 Å². The molecule has 0 saturated carbocycles. The number of carbonyl (C=O) groups excluding carboxylic acids is 1. The van der Waals surface area contributed by atoms with Gasteiger partial charge in [-0.3, -0.25) is 19.7 Å². The second-order valence-electron chi connectivity index (χ2n) is 4.30.